The minimum atomic E-state index is 0.557. The molecule has 0 saturated heterocycles. The molecule has 5 heteroatoms. The SMILES string of the molecule is CCNC(=NCCc1ccc2c(c1)CCO2)NC1CCCC(SC)C1. The van der Waals surface area contributed by atoms with E-state index in [1.54, 1.807) is 0 Å². The van der Waals surface area contributed by atoms with Gasteiger partial charge < -0.3 is 15.4 Å². The van der Waals surface area contributed by atoms with Crippen molar-refractivity contribution in [2.24, 2.45) is 4.99 Å². The Bertz CT molecular complexity index is 590. The van der Waals surface area contributed by atoms with E-state index in [1.807, 2.05) is 11.8 Å². The zero-order chi connectivity index (χ0) is 17.5. The smallest absolute Gasteiger partial charge is 0.191 e. The molecule has 1 aromatic carbocycles. The van der Waals surface area contributed by atoms with Crippen LogP contribution in [0, 0.1) is 0 Å². The normalized spacial score (nSPS) is 23.0. The van der Waals surface area contributed by atoms with Crippen molar-refractivity contribution >= 4 is 17.7 Å². The number of hydrogen-bond acceptors (Lipinski definition) is 3. The van der Waals surface area contributed by atoms with E-state index in [9.17, 15) is 0 Å². The Morgan fingerprint density at radius 2 is 2.28 bits per heavy atom. The number of guanidine groups is 1. The van der Waals surface area contributed by atoms with Crippen molar-refractivity contribution < 1.29 is 4.74 Å². The van der Waals surface area contributed by atoms with Crippen LogP contribution in [-0.2, 0) is 12.8 Å². The first kappa shape index (κ1) is 18.4. The zero-order valence-corrected chi connectivity index (χ0v) is 16.3. The molecule has 2 atom stereocenters. The number of thioether (sulfide) groups is 1. The van der Waals surface area contributed by atoms with Gasteiger partial charge in [0.05, 0.1) is 6.61 Å². The number of rotatable bonds is 6. The molecule has 2 N–H and O–H groups in total. The summed E-state index contributed by atoms with van der Waals surface area (Å²) in [4.78, 5) is 4.80. The van der Waals surface area contributed by atoms with Crippen molar-refractivity contribution in [2.75, 3.05) is 26.0 Å². The van der Waals surface area contributed by atoms with Crippen LogP contribution < -0.4 is 15.4 Å². The summed E-state index contributed by atoms with van der Waals surface area (Å²) in [5.41, 5.74) is 2.70. The summed E-state index contributed by atoms with van der Waals surface area (Å²) in [7, 11) is 0. The van der Waals surface area contributed by atoms with Crippen LogP contribution in [0.25, 0.3) is 0 Å². The van der Waals surface area contributed by atoms with Gasteiger partial charge in [-0.1, -0.05) is 18.6 Å². The van der Waals surface area contributed by atoms with E-state index in [1.165, 1.54) is 36.8 Å². The second-order valence-electron chi connectivity index (χ2n) is 6.92. The van der Waals surface area contributed by atoms with Crippen LogP contribution >= 0.6 is 11.8 Å². The van der Waals surface area contributed by atoms with Gasteiger partial charge in [-0.05, 0) is 56.1 Å². The third-order valence-corrected chi connectivity index (χ3v) is 6.16. The van der Waals surface area contributed by atoms with E-state index in [0.29, 0.717) is 6.04 Å². The molecule has 1 fully saturated rings. The summed E-state index contributed by atoms with van der Waals surface area (Å²) in [5.74, 6) is 2.03. The number of nitrogens with one attached hydrogen (secondary N) is 2. The fraction of sp³-hybridized carbons (Fsp3) is 0.650. The number of hydrogen-bond donors (Lipinski definition) is 2. The highest BCUT2D eigenvalue weighted by Crippen LogP contribution is 2.27. The summed E-state index contributed by atoms with van der Waals surface area (Å²) in [6, 6.07) is 7.11. The minimum Gasteiger partial charge on any atom is -0.493 e. The number of nitrogens with zero attached hydrogens (tertiary/aromatic N) is 1. The predicted octanol–water partition coefficient (Wildman–Crippen LogP) is 3.39. The van der Waals surface area contributed by atoms with Gasteiger partial charge in [-0.25, -0.2) is 0 Å². The van der Waals surface area contributed by atoms with Crippen molar-refractivity contribution in [1.29, 1.82) is 0 Å². The van der Waals surface area contributed by atoms with Crippen LogP contribution in [0.2, 0.25) is 0 Å². The highest BCUT2D eigenvalue weighted by Gasteiger charge is 2.21. The standard InChI is InChI=1S/C20H31N3OS/c1-3-21-20(23-17-5-4-6-18(14-17)25-2)22-11-9-15-7-8-19-16(13-15)10-12-24-19/h7-8,13,17-18H,3-6,9-12,14H2,1-2H3,(H2,21,22,23). The first-order valence-electron chi connectivity index (χ1n) is 9.60. The Labute approximate surface area is 156 Å². The van der Waals surface area contributed by atoms with Gasteiger partial charge in [0, 0.05) is 30.8 Å². The van der Waals surface area contributed by atoms with Crippen molar-refractivity contribution in [2.45, 2.75) is 56.7 Å². The zero-order valence-electron chi connectivity index (χ0n) is 15.5. The molecule has 25 heavy (non-hydrogen) atoms. The van der Waals surface area contributed by atoms with Gasteiger partial charge in [0.25, 0.3) is 0 Å². The van der Waals surface area contributed by atoms with Crippen LogP contribution in [-0.4, -0.2) is 43.2 Å². The molecule has 1 aromatic rings. The van der Waals surface area contributed by atoms with Crippen LogP contribution in [0.4, 0.5) is 0 Å². The Balaban J connectivity index is 1.53. The molecule has 0 radical (unpaired) electrons. The van der Waals surface area contributed by atoms with Gasteiger partial charge in [0.1, 0.15) is 5.75 Å². The second-order valence-corrected chi connectivity index (χ2v) is 8.05. The number of ether oxygens (including phenoxy) is 1. The van der Waals surface area contributed by atoms with E-state index < -0.39 is 0 Å². The topological polar surface area (TPSA) is 45.7 Å². The summed E-state index contributed by atoms with van der Waals surface area (Å²) < 4.78 is 5.58. The van der Waals surface area contributed by atoms with Crippen molar-refractivity contribution in [1.82, 2.24) is 10.6 Å². The molecular formula is C20H31N3OS. The Morgan fingerprint density at radius 3 is 3.12 bits per heavy atom. The lowest BCUT2D eigenvalue weighted by molar-refractivity contribution is 0.357. The molecule has 0 aromatic heterocycles. The molecule has 4 nitrogen and oxygen atoms in total. The highest BCUT2D eigenvalue weighted by molar-refractivity contribution is 7.99. The molecule has 1 aliphatic carbocycles. The second kappa shape index (κ2) is 9.37. The molecule has 2 unspecified atom stereocenters. The summed E-state index contributed by atoms with van der Waals surface area (Å²) in [5, 5.41) is 7.85. The first-order chi connectivity index (χ1) is 12.3. The minimum absolute atomic E-state index is 0.557. The average Bonchev–Trinajstić information content (AvgIpc) is 3.10. The largest absolute Gasteiger partial charge is 0.493 e. The summed E-state index contributed by atoms with van der Waals surface area (Å²) in [6.07, 6.45) is 9.42. The maximum Gasteiger partial charge on any atom is 0.191 e. The molecule has 1 aliphatic heterocycles. The molecule has 1 heterocycles. The number of benzene rings is 1. The Kier molecular flexibility index (Phi) is 6.91. The average molecular weight is 362 g/mol. The van der Waals surface area contributed by atoms with Crippen LogP contribution in [0.1, 0.15) is 43.7 Å². The van der Waals surface area contributed by atoms with Gasteiger partial charge in [-0.2, -0.15) is 11.8 Å². The van der Waals surface area contributed by atoms with E-state index in [0.717, 1.165) is 49.5 Å². The van der Waals surface area contributed by atoms with Crippen LogP contribution in [0.15, 0.2) is 23.2 Å². The number of fused-ring (bicyclic) bond motifs is 1. The Hall–Kier alpha value is -1.36. The lowest BCUT2D eigenvalue weighted by Crippen LogP contribution is -2.45. The highest BCUT2D eigenvalue weighted by atomic mass is 32.2. The van der Waals surface area contributed by atoms with Crippen molar-refractivity contribution in [3.05, 3.63) is 29.3 Å². The van der Waals surface area contributed by atoms with E-state index in [2.05, 4.69) is 42.0 Å². The monoisotopic (exact) mass is 361 g/mol. The van der Waals surface area contributed by atoms with E-state index >= 15 is 0 Å². The van der Waals surface area contributed by atoms with Crippen molar-refractivity contribution in [3.63, 3.8) is 0 Å². The maximum absolute atomic E-state index is 5.58. The first-order valence-corrected chi connectivity index (χ1v) is 10.9. The lowest BCUT2D eigenvalue weighted by atomic mass is 9.95. The molecular weight excluding hydrogens is 330 g/mol. The van der Waals surface area contributed by atoms with Gasteiger partial charge >= 0.3 is 0 Å². The van der Waals surface area contributed by atoms with Crippen LogP contribution in [0.3, 0.4) is 0 Å². The Morgan fingerprint density at radius 1 is 1.36 bits per heavy atom. The third kappa shape index (κ3) is 5.30. The molecule has 0 amide bonds. The quantitative estimate of drug-likeness (QED) is 0.602. The van der Waals surface area contributed by atoms with Gasteiger partial charge in [0.2, 0.25) is 0 Å². The molecule has 1 saturated carbocycles. The molecule has 0 bridgehead atoms. The van der Waals surface area contributed by atoms with Gasteiger partial charge in [0.15, 0.2) is 5.96 Å². The fourth-order valence-corrected chi connectivity index (χ4v) is 4.52. The summed E-state index contributed by atoms with van der Waals surface area (Å²) >= 11 is 2.00. The predicted molar refractivity (Wildman–Crippen MR) is 108 cm³/mol. The van der Waals surface area contributed by atoms with Gasteiger partial charge in [-0.15, -0.1) is 0 Å². The molecule has 2 aliphatic rings. The van der Waals surface area contributed by atoms with E-state index in [-0.39, 0.29) is 0 Å². The maximum atomic E-state index is 5.58. The molecule has 138 valence electrons. The summed E-state index contributed by atoms with van der Waals surface area (Å²) in [6.45, 7) is 4.67. The molecule has 3 rings (SSSR count). The number of aliphatic imine (C=N–C) groups is 1. The van der Waals surface area contributed by atoms with Crippen molar-refractivity contribution in [3.8, 4) is 5.75 Å². The third-order valence-electron chi connectivity index (χ3n) is 5.07. The fourth-order valence-electron chi connectivity index (χ4n) is 3.70. The lowest BCUT2D eigenvalue weighted by Gasteiger charge is -2.29. The van der Waals surface area contributed by atoms with Gasteiger partial charge in [-0.3, -0.25) is 4.99 Å². The van der Waals surface area contributed by atoms with E-state index in [4.69, 9.17) is 9.73 Å². The van der Waals surface area contributed by atoms with Crippen LogP contribution in [0.5, 0.6) is 5.75 Å². The molecule has 0 spiro atoms.